The van der Waals surface area contributed by atoms with Crippen molar-refractivity contribution in [1.82, 2.24) is 9.46 Å². The molecule has 1 aromatic heterocycles. The maximum atomic E-state index is 12.0. The number of aliphatic hydroxyl groups is 1. The molecule has 6 nitrogen and oxygen atoms in total. The largest absolute Gasteiger partial charge is 0.392 e. The van der Waals surface area contributed by atoms with Gasteiger partial charge in [0.15, 0.2) is 0 Å². The summed E-state index contributed by atoms with van der Waals surface area (Å²) in [6.07, 6.45) is 0.797. The van der Waals surface area contributed by atoms with Gasteiger partial charge in [0, 0.05) is 19.2 Å². The molecule has 2 heterocycles. The molecule has 0 bridgehead atoms. The van der Waals surface area contributed by atoms with Gasteiger partial charge in [0.05, 0.1) is 6.10 Å². The molecule has 0 spiro atoms. The molecule has 0 amide bonds. The standard InChI is InChI=1S/C10H16N2O4S/c1-8-5-9(11-16-8)7-17(14,15)12-4-2-3-10(13)6-12/h5,10,13H,2-4,6-7H2,1H3. The van der Waals surface area contributed by atoms with Gasteiger partial charge in [-0.05, 0) is 19.8 Å². The smallest absolute Gasteiger partial charge is 0.220 e. The third kappa shape index (κ3) is 3.05. The van der Waals surface area contributed by atoms with Crippen LogP contribution in [0.1, 0.15) is 24.3 Å². The Morgan fingerprint density at radius 2 is 2.41 bits per heavy atom. The van der Waals surface area contributed by atoms with Crippen molar-refractivity contribution >= 4 is 10.0 Å². The van der Waals surface area contributed by atoms with E-state index in [9.17, 15) is 13.5 Å². The molecule has 1 aliphatic rings. The first-order chi connectivity index (χ1) is 7.97. The van der Waals surface area contributed by atoms with E-state index in [1.165, 1.54) is 4.31 Å². The quantitative estimate of drug-likeness (QED) is 0.843. The van der Waals surface area contributed by atoms with Gasteiger partial charge >= 0.3 is 0 Å². The predicted molar refractivity (Wildman–Crippen MR) is 60.7 cm³/mol. The molecule has 0 aromatic carbocycles. The van der Waals surface area contributed by atoms with Crippen molar-refractivity contribution < 1.29 is 18.0 Å². The number of β-amino-alcohol motifs (C(OH)–C–C–N with tert-alkyl or cyclic N) is 1. The molecule has 1 saturated heterocycles. The molecule has 0 saturated carbocycles. The van der Waals surface area contributed by atoms with Gasteiger partial charge in [-0.1, -0.05) is 5.16 Å². The number of aliphatic hydroxyl groups excluding tert-OH is 1. The van der Waals surface area contributed by atoms with Crippen molar-refractivity contribution in [3.63, 3.8) is 0 Å². The zero-order chi connectivity index (χ0) is 12.5. The normalized spacial score (nSPS) is 22.8. The van der Waals surface area contributed by atoms with Gasteiger partial charge in [0.1, 0.15) is 17.2 Å². The molecule has 1 aromatic rings. The van der Waals surface area contributed by atoms with Crippen LogP contribution in [0.4, 0.5) is 0 Å². The lowest BCUT2D eigenvalue weighted by Gasteiger charge is -2.28. The Labute approximate surface area is 100 Å². The molecule has 1 atom stereocenters. The first-order valence-corrected chi connectivity index (χ1v) is 7.16. The summed E-state index contributed by atoms with van der Waals surface area (Å²) in [5, 5.41) is 13.1. The first kappa shape index (κ1) is 12.5. The van der Waals surface area contributed by atoms with Crippen LogP contribution in [0.2, 0.25) is 0 Å². The first-order valence-electron chi connectivity index (χ1n) is 5.55. The minimum Gasteiger partial charge on any atom is -0.392 e. The third-order valence-corrected chi connectivity index (χ3v) is 4.54. The van der Waals surface area contributed by atoms with E-state index >= 15 is 0 Å². The average Bonchev–Trinajstić information content (AvgIpc) is 2.63. The lowest BCUT2D eigenvalue weighted by Crippen LogP contribution is -2.42. The van der Waals surface area contributed by atoms with Crippen molar-refractivity contribution in [1.29, 1.82) is 0 Å². The van der Waals surface area contributed by atoms with Gasteiger partial charge in [0.2, 0.25) is 10.0 Å². The SMILES string of the molecule is Cc1cc(CS(=O)(=O)N2CCCC(O)C2)no1. The molecular formula is C10H16N2O4S. The van der Waals surface area contributed by atoms with Gasteiger partial charge < -0.3 is 9.63 Å². The molecule has 7 heteroatoms. The topological polar surface area (TPSA) is 83.6 Å². The molecule has 0 aliphatic carbocycles. The Morgan fingerprint density at radius 1 is 1.65 bits per heavy atom. The van der Waals surface area contributed by atoms with E-state index < -0.39 is 16.1 Å². The predicted octanol–water partition coefficient (Wildman–Crippen LogP) is 0.270. The van der Waals surface area contributed by atoms with E-state index in [4.69, 9.17) is 4.52 Å². The van der Waals surface area contributed by atoms with E-state index in [1.807, 2.05) is 0 Å². The van der Waals surface area contributed by atoms with Gasteiger partial charge in [0.25, 0.3) is 0 Å². The second kappa shape index (κ2) is 4.75. The van der Waals surface area contributed by atoms with Crippen LogP contribution >= 0.6 is 0 Å². The molecule has 0 radical (unpaired) electrons. The summed E-state index contributed by atoms with van der Waals surface area (Å²) in [5.74, 6) is 0.422. The maximum absolute atomic E-state index is 12.0. The number of piperidine rings is 1. The fraction of sp³-hybridized carbons (Fsp3) is 0.700. The molecule has 17 heavy (non-hydrogen) atoms. The Kier molecular flexibility index (Phi) is 3.50. The van der Waals surface area contributed by atoms with Gasteiger partial charge in [-0.15, -0.1) is 0 Å². The zero-order valence-electron chi connectivity index (χ0n) is 9.66. The summed E-state index contributed by atoms with van der Waals surface area (Å²) in [7, 11) is -3.41. The summed E-state index contributed by atoms with van der Waals surface area (Å²) in [4.78, 5) is 0. The van der Waals surface area contributed by atoms with Crippen LogP contribution in [-0.4, -0.2) is 42.2 Å². The van der Waals surface area contributed by atoms with E-state index in [0.717, 1.165) is 0 Å². The van der Waals surface area contributed by atoms with E-state index in [1.54, 1.807) is 13.0 Å². The van der Waals surface area contributed by atoms with E-state index in [0.29, 0.717) is 30.8 Å². The van der Waals surface area contributed by atoms with Crippen LogP contribution in [0.3, 0.4) is 0 Å². The zero-order valence-corrected chi connectivity index (χ0v) is 10.5. The molecule has 1 N–H and O–H groups in total. The van der Waals surface area contributed by atoms with Crippen molar-refractivity contribution in [2.75, 3.05) is 13.1 Å². The van der Waals surface area contributed by atoms with Crippen LogP contribution in [0.5, 0.6) is 0 Å². The number of rotatable bonds is 3. The van der Waals surface area contributed by atoms with E-state index in [2.05, 4.69) is 5.16 Å². The number of sulfonamides is 1. The number of aryl methyl sites for hydroxylation is 1. The fourth-order valence-corrected chi connectivity index (χ4v) is 3.44. The van der Waals surface area contributed by atoms with Gasteiger partial charge in [-0.3, -0.25) is 0 Å². The minimum absolute atomic E-state index is 0.170. The highest BCUT2D eigenvalue weighted by Crippen LogP contribution is 2.17. The minimum atomic E-state index is -3.41. The number of hydrogen-bond donors (Lipinski definition) is 1. The highest BCUT2D eigenvalue weighted by molar-refractivity contribution is 7.88. The summed E-state index contributed by atoms with van der Waals surface area (Å²) in [5.41, 5.74) is 0.405. The van der Waals surface area contributed by atoms with Crippen molar-refractivity contribution in [3.8, 4) is 0 Å². The highest BCUT2D eigenvalue weighted by Gasteiger charge is 2.28. The molecule has 1 fully saturated rings. The molecule has 96 valence electrons. The summed E-state index contributed by atoms with van der Waals surface area (Å²) in [6.45, 7) is 2.36. The summed E-state index contributed by atoms with van der Waals surface area (Å²) >= 11 is 0. The fourth-order valence-electron chi connectivity index (χ4n) is 1.94. The van der Waals surface area contributed by atoms with Gasteiger partial charge in [-0.25, -0.2) is 8.42 Å². The lowest BCUT2D eigenvalue weighted by atomic mass is 10.1. The molecular weight excluding hydrogens is 244 g/mol. The van der Waals surface area contributed by atoms with Crippen LogP contribution in [0, 0.1) is 6.92 Å². The Balaban J connectivity index is 2.08. The van der Waals surface area contributed by atoms with Crippen LogP contribution < -0.4 is 0 Å². The Morgan fingerprint density at radius 3 is 3.00 bits per heavy atom. The Hall–Kier alpha value is -0.920. The second-order valence-electron chi connectivity index (χ2n) is 4.34. The second-order valence-corrected chi connectivity index (χ2v) is 6.31. The van der Waals surface area contributed by atoms with E-state index in [-0.39, 0.29) is 12.3 Å². The molecule has 1 unspecified atom stereocenters. The van der Waals surface area contributed by atoms with Crippen LogP contribution in [0.15, 0.2) is 10.6 Å². The van der Waals surface area contributed by atoms with Crippen LogP contribution in [-0.2, 0) is 15.8 Å². The lowest BCUT2D eigenvalue weighted by molar-refractivity contribution is 0.108. The highest BCUT2D eigenvalue weighted by atomic mass is 32.2. The number of nitrogens with zero attached hydrogens (tertiary/aromatic N) is 2. The van der Waals surface area contributed by atoms with Crippen molar-refractivity contribution in [2.24, 2.45) is 0 Å². The molecule has 2 rings (SSSR count). The third-order valence-electron chi connectivity index (χ3n) is 2.76. The number of aromatic nitrogens is 1. The monoisotopic (exact) mass is 260 g/mol. The molecule has 1 aliphatic heterocycles. The van der Waals surface area contributed by atoms with Crippen LogP contribution in [0.25, 0.3) is 0 Å². The van der Waals surface area contributed by atoms with Gasteiger partial charge in [-0.2, -0.15) is 4.31 Å². The Bertz CT molecular complexity index is 482. The summed E-state index contributed by atoms with van der Waals surface area (Å²) < 4.78 is 30.2. The average molecular weight is 260 g/mol. The van der Waals surface area contributed by atoms with Crippen molar-refractivity contribution in [2.45, 2.75) is 31.6 Å². The summed E-state index contributed by atoms with van der Waals surface area (Å²) in [6, 6.07) is 1.61. The number of hydrogen-bond acceptors (Lipinski definition) is 5. The maximum Gasteiger partial charge on any atom is 0.220 e. The van der Waals surface area contributed by atoms with Crippen molar-refractivity contribution in [3.05, 3.63) is 17.5 Å².